The molecule has 0 saturated carbocycles. The summed E-state index contributed by atoms with van der Waals surface area (Å²) < 4.78 is 0. The molecule has 17 heavy (non-hydrogen) atoms. The number of rotatable bonds is 4. The highest BCUT2D eigenvalue weighted by molar-refractivity contribution is 7.14. The molecule has 0 aliphatic carbocycles. The lowest BCUT2D eigenvalue weighted by atomic mass is 10.1. The number of nitrogens with two attached hydrogens (primary N) is 1. The molecule has 5 nitrogen and oxygen atoms in total. The summed E-state index contributed by atoms with van der Waals surface area (Å²) >= 11 is 1.52. The van der Waals surface area contributed by atoms with Crippen molar-refractivity contribution in [3.8, 4) is 0 Å². The number of carbonyl (C=O) groups excluding carboxylic acids is 1. The van der Waals surface area contributed by atoms with Crippen LogP contribution in [0.4, 0.5) is 5.13 Å². The van der Waals surface area contributed by atoms with Crippen molar-refractivity contribution in [2.75, 3.05) is 24.5 Å². The maximum absolute atomic E-state index is 11.4. The summed E-state index contributed by atoms with van der Waals surface area (Å²) in [6, 6.07) is 0.317. The largest absolute Gasteiger partial charge is 0.325 e. The maximum Gasteiger partial charge on any atom is 0.225 e. The zero-order valence-electron chi connectivity index (χ0n) is 10.2. The topological polar surface area (TPSA) is 62.5 Å². The number of anilines is 1. The fraction of sp³-hybridized carbons (Fsp3) is 0.636. The van der Waals surface area contributed by atoms with Crippen LogP contribution in [-0.4, -0.2) is 41.5 Å². The van der Waals surface area contributed by atoms with Gasteiger partial charge in [-0.1, -0.05) is 0 Å². The number of likely N-dealkylation sites (tertiary alicyclic amines) is 1. The van der Waals surface area contributed by atoms with Gasteiger partial charge in [0.05, 0.1) is 5.69 Å². The molecule has 1 fully saturated rings. The van der Waals surface area contributed by atoms with E-state index < -0.39 is 0 Å². The number of aromatic nitrogens is 1. The second-order valence-electron chi connectivity index (χ2n) is 4.34. The Kier molecular flexibility index (Phi) is 3.76. The van der Waals surface area contributed by atoms with E-state index in [2.05, 4.69) is 9.88 Å². The van der Waals surface area contributed by atoms with Gasteiger partial charge in [0.25, 0.3) is 0 Å². The second-order valence-corrected chi connectivity index (χ2v) is 5.18. The Morgan fingerprint density at radius 3 is 2.94 bits per heavy atom. The average molecular weight is 254 g/mol. The molecule has 2 rings (SSSR count). The number of carbonyl (C=O) groups is 1. The van der Waals surface area contributed by atoms with Crippen LogP contribution in [0.5, 0.6) is 0 Å². The lowest BCUT2D eigenvalue weighted by Crippen LogP contribution is -2.54. The number of thiazole rings is 1. The minimum atomic E-state index is 0.0411. The summed E-state index contributed by atoms with van der Waals surface area (Å²) in [6.07, 6.45) is 0. The third kappa shape index (κ3) is 2.83. The molecule has 0 spiro atoms. The predicted molar refractivity (Wildman–Crippen MR) is 69.1 cm³/mol. The van der Waals surface area contributed by atoms with Gasteiger partial charge in [0.1, 0.15) is 0 Å². The van der Waals surface area contributed by atoms with E-state index in [1.165, 1.54) is 11.3 Å². The molecule has 0 atom stereocenters. The van der Waals surface area contributed by atoms with E-state index in [4.69, 9.17) is 5.73 Å². The highest BCUT2D eigenvalue weighted by Gasteiger charge is 2.24. The smallest absolute Gasteiger partial charge is 0.225 e. The van der Waals surface area contributed by atoms with Gasteiger partial charge in [-0.05, 0) is 6.92 Å². The monoisotopic (exact) mass is 254 g/mol. The fourth-order valence-electron chi connectivity index (χ4n) is 1.95. The van der Waals surface area contributed by atoms with E-state index in [-0.39, 0.29) is 5.91 Å². The summed E-state index contributed by atoms with van der Waals surface area (Å²) in [5, 5.41) is 2.81. The Morgan fingerprint density at radius 1 is 1.71 bits per heavy atom. The van der Waals surface area contributed by atoms with Crippen LogP contribution in [-0.2, 0) is 11.3 Å². The van der Waals surface area contributed by atoms with Crippen molar-refractivity contribution < 1.29 is 4.79 Å². The van der Waals surface area contributed by atoms with E-state index in [1.807, 2.05) is 12.3 Å². The van der Waals surface area contributed by atoms with Gasteiger partial charge in [-0.25, -0.2) is 4.98 Å². The van der Waals surface area contributed by atoms with Crippen molar-refractivity contribution in [3.63, 3.8) is 0 Å². The van der Waals surface area contributed by atoms with Crippen LogP contribution in [0.1, 0.15) is 19.5 Å². The first-order valence-corrected chi connectivity index (χ1v) is 6.68. The first-order chi connectivity index (χ1) is 8.10. The molecule has 94 valence electrons. The van der Waals surface area contributed by atoms with Crippen LogP contribution in [0.3, 0.4) is 0 Å². The molecule has 2 heterocycles. The van der Waals surface area contributed by atoms with Crippen molar-refractivity contribution in [2.45, 2.75) is 26.4 Å². The Labute approximate surface area is 105 Å². The Hall–Kier alpha value is -0.980. The summed E-state index contributed by atoms with van der Waals surface area (Å²) in [4.78, 5) is 19.8. The molecule has 1 aliphatic heterocycles. The van der Waals surface area contributed by atoms with Crippen molar-refractivity contribution in [1.29, 1.82) is 0 Å². The summed E-state index contributed by atoms with van der Waals surface area (Å²) in [7, 11) is 0. The summed E-state index contributed by atoms with van der Waals surface area (Å²) in [5.41, 5.74) is 6.75. The molecule has 1 amide bonds. The standard InChI is InChI=1S/C11H18N4OS/c1-3-15(8(2)16)11-13-10(7-17-11)6-14-4-9(12)5-14/h7,9H,3-6,12H2,1-2H3. The fourth-order valence-corrected chi connectivity index (χ4v) is 2.88. The first kappa shape index (κ1) is 12.5. The highest BCUT2D eigenvalue weighted by Crippen LogP contribution is 2.22. The lowest BCUT2D eigenvalue weighted by Gasteiger charge is -2.36. The van der Waals surface area contributed by atoms with Gasteiger partial charge in [-0.3, -0.25) is 14.6 Å². The van der Waals surface area contributed by atoms with Gasteiger partial charge >= 0.3 is 0 Å². The van der Waals surface area contributed by atoms with Crippen molar-refractivity contribution >= 4 is 22.4 Å². The average Bonchev–Trinajstić information content (AvgIpc) is 2.65. The highest BCUT2D eigenvalue weighted by atomic mass is 32.1. The van der Waals surface area contributed by atoms with Gasteiger partial charge in [0.2, 0.25) is 5.91 Å². The SMILES string of the molecule is CCN(C(C)=O)c1nc(CN2CC(N)C2)cs1. The molecular weight excluding hydrogens is 236 g/mol. The summed E-state index contributed by atoms with van der Waals surface area (Å²) in [6.45, 7) is 6.90. The van der Waals surface area contributed by atoms with E-state index in [0.29, 0.717) is 12.6 Å². The molecule has 1 aliphatic rings. The van der Waals surface area contributed by atoms with Crippen LogP contribution < -0.4 is 10.6 Å². The maximum atomic E-state index is 11.4. The third-order valence-corrected chi connectivity index (χ3v) is 3.75. The van der Waals surface area contributed by atoms with Crippen molar-refractivity contribution in [2.24, 2.45) is 5.73 Å². The van der Waals surface area contributed by atoms with Crippen LogP contribution in [0.15, 0.2) is 5.38 Å². The molecule has 2 N–H and O–H groups in total. The number of hydrogen-bond donors (Lipinski definition) is 1. The third-order valence-electron chi connectivity index (χ3n) is 2.84. The zero-order valence-corrected chi connectivity index (χ0v) is 11.0. The molecule has 0 bridgehead atoms. The van der Waals surface area contributed by atoms with Gasteiger partial charge in [-0.2, -0.15) is 0 Å². The minimum absolute atomic E-state index is 0.0411. The lowest BCUT2D eigenvalue weighted by molar-refractivity contribution is -0.116. The Balaban J connectivity index is 1.97. The normalized spacial score (nSPS) is 16.9. The summed E-state index contributed by atoms with van der Waals surface area (Å²) in [5.74, 6) is 0.0411. The Morgan fingerprint density at radius 2 is 2.41 bits per heavy atom. The molecule has 0 radical (unpaired) electrons. The van der Waals surface area contributed by atoms with E-state index in [1.54, 1.807) is 11.8 Å². The predicted octanol–water partition coefficient (Wildman–Crippen LogP) is 0.659. The van der Waals surface area contributed by atoms with Gasteiger partial charge in [0, 0.05) is 44.5 Å². The van der Waals surface area contributed by atoms with E-state index in [0.717, 1.165) is 30.5 Å². The number of nitrogens with zero attached hydrogens (tertiary/aromatic N) is 3. The molecule has 1 aromatic heterocycles. The molecule has 6 heteroatoms. The number of hydrogen-bond acceptors (Lipinski definition) is 5. The molecule has 1 saturated heterocycles. The molecular formula is C11H18N4OS. The minimum Gasteiger partial charge on any atom is -0.325 e. The van der Waals surface area contributed by atoms with Crippen LogP contribution >= 0.6 is 11.3 Å². The van der Waals surface area contributed by atoms with E-state index >= 15 is 0 Å². The van der Waals surface area contributed by atoms with Gasteiger partial charge < -0.3 is 5.73 Å². The first-order valence-electron chi connectivity index (χ1n) is 5.80. The van der Waals surface area contributed by atoms with Crippen LogP contribution in [0.2, 0.25) is 0 Å². The Bertz CT molecular complexity index is 400. The quantitative estimate of drug-likeness (QED) is 0.857. The molecule has 0 unspecified atom stereocenters. The number of amides is 1. The van der Waals surface area contributed by atoms with Crippen LogP contribution in [0.25, 0.3) is 0 Å². The zero-order chi connectivity index (χ0) is 12.4. The van der Waals surface area contributed by atoms with Gasteiger partial charge in [0.15, 0.2) is 5.13 Å². The van der Waals surface area contributed by atoms with Crippen LogP contribution in [0, 0.1) is 0 Å². The van der Waals surface area contributed by atoms with Gasteiger partial charge in [-0.15, -0.1) is 11.3 Å². The van der Waals surface area contributed by atoms with E-state index in [9.17, 15) is 4.79 Å². The second kappa shape index (κ2) is 5.12. The van der Waals surface area contributed by atoms with Crippen molar-refractivity contribution in [1.82, 2.24) is 9.88 Å². The van der Waals surface area contributed by atoms with Crippen molar-refractivity contribution in [3.05, 3.63) is 11.1 Å². The molecule has 0 aromatic carbocycles. The molecule has 1 aromatic rings.